The van der Waals surface area contributed by atoms with Gasteiger partial charge in [0.2, 0.25) is 0 Å². The molecule has 0 bridgehead atoms. The van der Waals surface area contributed by atoms with Crippen LogP contribution >= 0.6 is 0 Å². The topological polar surface area (TPSA) is 65.4 Å². The predicted molar refractivity (Wildman–Crippen MR) is 41.4 cm³/mol. The molecule has 2 amide bonds. The summed E-state index contributed by atoms with van der Waals surface area (Å²) in [5.74, 6) is 0. The first kappa shape index (κ1) is 8.81. The van der Waals surface area contributed by atoms with Crippen LogP contribution < -0.4 is 5.32 Å². The first-order chi connectivity index (χ1) is 5.77. The molecule has 66 valence electrons. The number of carbonyl (C=O) groups excluding carboxylic acids is 1. The zero-order valence-corrected chi connectivity index (χ0v) is 6.91. The number of carbonyl (C=O) groups is 1. The Bertz CT molecular complexity index is 211. The Labute approximate surface area is 70.9 Å². The summed E-state index contributed by atoms with van der Waals surface area (Å²) in [5, 5.41) is 11.0. The Morgan fingerprint density at radius 1 is 1.83 bits per heavy atom. The maximum absolute atomic E-state index is 11.1. The molecular weight excluding hydrogens is 158 g/mol. The number of rotatable bonds is 0. The van der Waals surface area contributed by atoms with Crippen LogP contribution in [0.25, 0.3) is 0 Å². The van der Waals surface area contributed by atoms with Gasteiger partial charge in [-0.25, -0.2) is 4.79 Å². The van der Waals surface area contributed by atoms with Crippen molar-refractivity contribution < 1.29 is 9.53 Å². The summed E-state index contributed by atoms with van der Waals surface area (Å²) in [6.07, 6.45) is -0.476. The zero-order chi connectivity index (χ0) is 8.97. The molecular formula is C7H11N3O2. The maximum atomic E-state index is 11.1. The van der Waals surface area contributed by atoms with Gasteiger partial charge in [-0.1, -0.05) is 0 Å². The van der Waals surface area contributed by atoms with Crippen LogP contribution in [0, 0.1) is 11.3 Å². The number of nitrogens with one attached hydrogen (secondary N) is 1. The standard InChI is InChI=1S/C7H11N3O2/c1-9-7(11)10-2-3-12-6(4-8)5-10/h6H,2-3,5H2,1H3,(H,9,11). The number of amides is 2. The molecule has 12 heavy (non-hydrogen) atoms. The van der Waals surface area contributed by atoms with Crippen LogP contribution in [-0.4, -0.2) is 43.8 Å². The van der Waals surface area contributed by atoms with E-state index in [1.807, 2.05) is 6.07 Å². The minimum absolute atomic E-state index is 0.154. The largest absolute Gasteiger partial charge is 0.360 e. The van der Waals surface area contributed by atoms with E-state index in [2.05, 4.69) is 5.32 Å². The van der Waals surface area contributed by atoms with Crippen LogP contribution in [-0.2, 0) is 4.74 Å². The monoisotopic (exact) mass is 169 g/mol. The summed E-state index contributed by atoms with van der Waals surface area (Å²) in [6.45, 7) is 1.35. The minimum Gasteiger partial charge on any atom is -0.360 e. The van der Waals surface area contributed by atoms with Crippen LogP contribution in [0.5, 0.6) is 0 Å². The summed E-state index contributed by atoms with van der Waals surface area (Å²) in [4.78, 5) is 12.6. The van der Waals surface area contributed by atoms with Crippen molar-refractivity contribution in [2.24, 2.45) is 0 Å². The molecule has 0 saturated carbocycles. The third-order valence-electron chi connectivity index (χ3n) is 1.71. The maximum Gasteiger partial charge on any atom is 0.317 e. The van der Waals surface area contributed by atoms with Crippen LogP contribution in [0.3, 0.4) is 0 Å². The van der Waals surface area contributed by atoms with Crippen molar-refractivity contribution in [2.45, 2.75) is 6.10 Å². The van der Waals surface area contributed by atoms with Crippen molar-refractivity contribution in [3.05, 3.63) is 0 Å². The summed E-state index contributed by atoms with van der Waals surface area (Å²) >= 11 is 0. The summed E-state index contributed by atoms with van der Waals surface area (Å²) < 4.78 is 5.07. The van der Waals surface area contributed by atoms with Crippen molar-refractivity contribution in [3.63, 3.8) is 0 Å². The van der Waals surface area contributed by atoms with Gasteiger partial charge in [0.15, 0.2) is 6.10 Å². The fourth-order valence-corrected chi connectivity index (χ4v) is 1.07. The molecule has 1 unspecified atom stereocenters. The molecule has 1 aliphatic heterocycles. The van der Waals surface area contributed by atoms with Gasteiger partial charge in [0.1, 0.15) is 0 Å². The number of hydrogen-bond donors (Lipinski definition) is 1. The SMILES string of the molecule is CNC(=O)N1CCOC(C#N)C1. The van der Waals surface area contributed by atoms with Crippen molar-refractivity contribution in [2.75, 3.05) is 26.7 Å². The van der Waals surface area contributed by atoms with Crippen LogP contribution in [0.1, 0.15) is 0 Å². The molecule has 5 nitrogen and oxygen atoms in total. The van der Waals surface area contributed by atoms with E-state index in [0.29, 0.717) is 19.7 Å². The van der Waals surface area contributed by atoms with E-state index in [9.17, 15) is 4.79 Å². The van der Waals surface area contributed by atoms with E-state index >= 15 is 0 Å². The number of morpholine rings is 1. The number of nitriles is 1. The molecule has 0 aromatic carbocycles. The second kappa shape index (κ2) is 3.93. The molecule has 0 spiro atoms. The summed E-state index contributed by atoms with van der Waals surface area (Å²) in [7, 11) is 1.57. The van der Waals surface area contributed by atoms with Crippen molar-refractivity contribution in [1.82, 2.24) is 10.2 Å². The second-order valence-electron chi connectivity index (χ2n) is 2.49. The Balaban J connectivity index is 2.47. The molecule has 1 fully saturated rings. The lowest BCUT2D eigenvalue weighted by atomic mass is 10.3. The summed E-state index contributed by atoms with van der Waals surface area (Å²) in [6, 6.07) is 1.81. The number of urea groups is 1. The van der Waals surface area contributed by atoms with Gasteiger partial charge < -0.3 is 15.0 Å². The molecule has 1 aliphatic rings. The fourth-order valence-electron chi connectivity index (χ4n) is 1.07. The number of nitrogens with zero attached hydrogens (tertiary/aromatic N) is 2. The highest BCUT2D eigenvalue weighted by Gasteiger charge is 2.22. The fraction of sp³-hybridized carbons (Fsp3) is 0.714. The lowest BCUT2D eigenvalue weighted by Crippen LogP contribution is -2.48. The van der Waals surface area contributed by atoms with E-state index < -0.39 is 6.10 Å². The third-order valence-corrected chi connectivity index (χ3v) is 1.71. The molecule has 1 rings (SSSR count). The van der Waals surface area contributed by atoms with E-state index in [0.717, 1.165) is 0 Å². The normalized spacial score (nSPS) is 23.0. The first-order valence-corrected chi connectivity index (χ1v) is 3.76. The highest BCUT2D eigenvalue weighted by Crippen LogP contribution is 2.03. The molecule has 1 heterocycles. The van der Waals surface area contributed by atoms with E-state index in [4.69, 9.17) is 10.00 Å². The molecule has 0 aromatic rings. The molecule has 1 atom stereocenters. The van der Waals surface area contributed by atoms with Crippen molar-refractivity contribution in [3.8, 4) is 6.07 Å². The summed E-state index contributed by atoms with van der Waals surface area (Å²) in [5.41, 5.74) is 0. The lowest BCUT2D eigenvalue weighted by Gasteiger charge is -2.29. The zero-order valence-electron chi connectivity index (χ0n) is 6.91. The van der Waals surface area contributed by atoms with Crippen molar-refractivity contribution >= 4 is 6.03 Å². The van der Waals surface area contributed by atoms with Gasteiger partial charge in [-0.2, -0.15) is 5.26 Å². The highest BCUT2D eigenvalue weighted by atomic mass is 16.5. The van der Waals surface area contributed by atoms with Gasteiger partial charge in [0.05, 0.1) is 19.2 Å². The third kappa shape index (κ3) is 1.86. The molecule has 1 saturated heterocycles. The van der Waals surface area contributed by atoms with Gasteiger partial charge in [0.25, 0.3) is 0 Å². The van der Waals surface area contributed by atoms with E-state index in [1.165, 1.54) is 0 Å². The number of ether oxygens (including phenoxy) is 1. The van der Waals surface area contributed by atoms with Crippen LogP contribution in [0.2, 0.25) is 0 Å². The predicted octanol–water partition coefficient (Wildman–Crippen LogP) is -0.450. The quantitative estimate of drug-likeness (QED) is 0.534. The van der Waals surface area contributed by atoms with Gasteiger partial charge in [-0.05, 0) is 0 Å². The smallest absolute Gasteiger partial charge is 0.317 e. The van der Waals surface area contributed by atoms with Crippen molar-refractivity contribution in [1.29, 1.82) is 5.26 Å². The van der Waals surface area contributed by atoms with E-state index in [-0.39, 0.29) is 6.03 Å². The van der Waals surface area contributed by atoms with Crippen LogP contribution in [0.4, 0.5) is 4.79 Å². The van der Waals surface area contributed by atoms with Crippen LogP contribution in [0.15, 0.2) is 0 Å². The minimum atomic E-state index is -0.476. The van der Waals surface area contributed by atoms with Gasteiger partial charge in [-0.3, -0.25) is 0 Å². The molecule has 5 heteroatoms. The highest BCUT2D eigenvalue weighted by molar-refractivity contribution is 5.73. The Hall–Kier alpha value is -1.28. The van der Waals surface area contributed by atoms with Gasteiger partial charge in [-0.15, -0.1) is 0 Å². The Kier molecular flexibility index (Phi) is 2.88. The van der Waals surface area contributed by atoms with Gasteiger partial charge >= 0.3 is 6.03 Å². The lowest BCUT2D eigenvalue weighted by molar-refractivity contribution is 0.0161. The Morgan fingerprint density at radius 3 is 3.17 bits per heavy atom. The van der Waals surface area contributed by atoms with E-state index in [1.54, 1.807) is 11.9 Å². The average molecular weight is 169 g/mol. The molecule has 0 aliphatic carbocycles. The molecule has 0 aromatic heterocycles. The average Bonchev–Trinajstić information content (AvgIpc) is 2.17. The number of hydrogen-bond acceptors (Lipinski definition) is 3. The Morgan fingerprint density at radius 2 is 2.58 bits per heavy atom. The molecule has 1 N–H and O–H groups in total. The second-order valence-corrected chi connectivity index (χ2v) is 2.49. The first-order valence-electron chi connectivity index (χ1n) is 3.76. The molecule has 0 radical (unpaired) electrons. The van der Waals surface area contributed by atoms with Gasteiger partial charge in [0, 0.05) is 13.6 Å².